The number of ether oxygens (including phenoxy) is 2. The smallest absolute Gasteiger partial charge is 0.235 e. The maximum Gasteiger partial charge on any atom is 0.235 e. The zero-order chi connectivity index (χ0) is 13.9. The molecule has 2 aliphatic rings. The summed E-state index contributed by atoms with van der Waals surface area (Å²) >= 11 is 0. The van der Waals surface area contributed by atoms with Gasteiger partial charge in [0.05, 0.1) is 12.0 Å². The van der Waals surface area contributed by atoms with Crippen molar-refractivity contribution in [2.45, 2.75) is 52.2 Å². The van der Waals surface area contributed by atoms with Gasteiger partial charge >= 0.3 is 0 Å². The Labute approximate surface area is 114 Å². The Hall–Kier alpha value is -0.940. The van der Waals surface area contributed by atoms with Gasteiger partial charge in [0.2, 0.25) is 11.8 Å². The van der Waals surface area contributed by atoms with E-state index >= 15 is 0 Å². The average Bonchev–Trinajstić information content (AvgIpc) is 2.57. The lowest BCUT2D eigenvalue weighted by atomic mass is 9.92. The van der Waals surface area contributed by atoms with Crippen molar-refractivity contribution in [3.05, 3.63) is 0 Å². The highest BCUT2D eigenvalue weighted by Crippen LogP contribution is 2.31. The van der Waals surface area contributed by atoms with Crippen LogP contribution in [0.25, 0.3) is 0 Å². The summed E-state index contributed by atoms with van der Waals surface area (Å²) < 4.78 is 11.0. The topological polar surface area (TPSA) is 55.8 Å². The summed E-state index contributed by atoms with van der Waals surface area (Å²) in [5, 5.41) is 0. The van der Waals surface area contributed by atoms with Gasteiger partial charge in [-0.15, -0.1) is 0 Å². The lowest BCUT2D eigenvalue weighted by Gasteiger charge is -2.23. The zero-order valence-corrected chi connectivity index (χ0v) is 11.8. The van der Waals surface area contributed by atoms with E-state index in [1.54, 1.807) is 0 Å². The molecule has 0 saturated carbocycles. The van der Waals surface area contributed by atoms with Gasteiger partial charge in [-0.25, -0.2) is 0 Å². The van der Waals surface area contributed by atoms with Crippen LogP contribution in [0.1, 0.15) is 46.0 Å². The lowest BCUT2D eigenvalue weighted by molar-refractivity contribution is -0.163. The van der Waals surface area contributed by atoms with Gasteiger partial charge in [-0.05, 0) is 25.7 Å². The second-order valence-electron chi connectivity index (χ2n) is 5.93. The Morgan fingerprint density at radius 3 is 2.74 bits per heavy atom. The van der Waals surface area contributed by atoms with E-state index in [0.29, 0.717) is 26.0 Å². The van der Waals surface area contributed by atoms with Crippen LogP contribution in [0, 0.1) is 5.41 Å². The van der Waals surface area contributed by atoms with Gasteiger partial charge in [0.25, 0.3) is 0 Å². The SMILES string of the molecule is CC1(C)CC(=O)N(CCCO[C@@H]2CCCCO2)C1=O. The van der Waals surface area contributed by atoms with Gasteiger partial charge < -0.3 is 9.47 Å². The number of imide groups is 1. The molecule has 1 atom stereocenters. The largest absolute Gasteiger partial charge is 0.353 e. The molecule has 2 fully saturated rings. The molecular weight excluding hydrogens is 246 g/mol. The van der Waals surface area contributed by atoms with Crippen molar-refractivity contribution in [1.82, 2.24) is 4.90 Å². The number of rotatable bonds is 5. The molecule has 2 heterocycles. The maximum absolute atomic E-state index is 12.0. The summed E-state index contributed by atoms with van der Waals surface area (Å²) in [5.41, 5.74) is -0.537. The number of hydrogen-bond acceptors (Lipinski definition) is 4. The molecule has 0 aliphatic carbocycles. The van der Waals surface area contributed by atoms with Crippen LogP contribution in [0.2, 0.25) is 0 Å². The van der Waals surface area contributed by atoms with Gasteiger partial charge in [0.1, 0.15) is 0 Å². The van der Waals surface area contributed by atoms with Crippen LogP contribution in [0.3, 0.4) is 0 Å². The molecule has 0 N–H and O–H groups in total. The molecule has 0 aromatic heterocycles. The van der Waals surface area contributed by atoms with Crippen LogP contribution in [0.4, 0.5) is 0 Å². The Kier molecular flexibility index (Phi) is 4.58. The highest BCUT2D eigenvalue weighted by molar-refractivity contribution is 6.05. The van der Waals surface area contributed by atoms with Crippen LogP contribution in [0.15, 0.2) is 0 Å². The molecule has 0 aromatic rings. The van der Waals surface area contributed by atoms with E-state index in [1.807, 2.05) is 13.8 Å². The molecule has 2 amide bonds. The van der Waals surface area contributed by atoms with E-state index in [4.69, 9.17) is 9.47 Å². The van der Waals surface area contributed by atoms with Gasteiger partial charge in [-0.1, -0.05) is 13.8 Å². The molecule has 5 nitrogen and oxygen atoms in total. The fourth-order valence-electron chi connectivity index (χ4n) is 2.53. The monoisotopic (exact) mass is 269 g/mol. The van der Waals surface area contributed by atoms with Gasteiger partial charge in [-0.3, -0.25) is 14.5 Å². The first-order valence-corrected chi connectivity index (χ1v) is 7.09. The second-order valence-corrected chi connectivity index (χ2v) is 5.93. The molecule has 19 heavy (non-hydrogen) atoms. The number of hydrogen-bond donors (Lipinski definition) is 0. The predicted molar refractivity (Wildman–Crippen MR) is 69.3 cm³/mol. The van der Waals surface area contributed by atoms with Crippen molar-refractivity contribution in [3.63, 3.8) is 0 Å². The number of amides is 2. The molecule has 2 aliphatic heterocycles. The van der Waals surface area contributed by atoms with E-state index in [1.165, 1.54) is 4.90 Å². The third-order valence-electron chi connectivity index (χ3n) is 3.69. The predicted octanol–water partition coefficient (Wildman–Crippen LogP) is 1.70. The molecule has 0 bridgehead atoms. The molecule has 2 saturated heterocycles. The van der Waals surface area contributed by atoms with E-state index in [2.05, 4.69) is 0 Å². The molecule has 0 unspecified atom stereocenters. The first kappa shape index (κ1) is 14.5. The van der Waals surface area contributed by atoms with Crippen LogP contribution >= 0.6 is 0 Å². The fourth-order valence-corrected chi connectivity index (χ4v) is 2.53. The molecular formula is C14H23NO4. The Bertz CT molecular complexity index is 347. The Morgan fingerprint density at radius 1 is 1.37 bits per heavy atom. The van der Waals surface area contributed by atoms with Crippen molar-refractivity contribution < 1.29 is 19.1 Å². The van der Waals surface area contributed by atoms with Crippen LogP contribution in [-0.4, -0.2) is 42.8 Å². The summed E-state index contributed by atoms with van der Waals surface area (Å²) in [7, 11) is 0. The summed E-state index contributed by atoms with van der Waals surface area (Å²) in [4.78, 5) is 25.1. The standard InChI is InChI=1S/C14H23NO4/c1-14(2)10-11(16)15(13(14)17)7-5-9-19-12-6-3-4-8-18-12/h12H,3-10H2,1-2H3/t12-/m1/s1. The summed E-state index contributed by atoms with van der Waals surface area (Å²) in [6.45, 7) is 5.39. The minimum Gasteiger partial charge on any atom is -0.353 e. The van der Waals surface area contributed by atoms with Gasteiger partial charge in [0, 0.05) is 19.6 Å². The number of carbonyl (C=O) groups excluding carboxylic acids is 2. The fraction of sp³-hybridized carbons (Fsp3) is 0.857. The highest BCUT2D eigenvalue weighted by atomic mass is 16.7. The van der Waals surface area contributed by atoms with Crippen LogP contribution in [-0.2, 0) is 19.1 Å². The quantitative estimate of drug-likeness (QED) is 0.563. The molecule has 0 spiro atoms. The summed E-state index contributed by atoms with van der Waals surface area (Å²) in [5.74, 6) is -0.129. The number of likely N-dealkylation sites (tertiary alicyclic amines) is 1. The summed E-state index contributed by atoms with van der Waals surface area (Å²) in [6, 6.07) is 0. The minimum atomic E-state index is -0.537. The van der Waals surface area contributed by atoms with E-state index in [0.717, 1.165) is 25.9 Å². The first-order chi connectivity index (χ1) is 9.00. The lowest BCUT2D eigenvalue weighted by Crippen LogP contribution is -2.34. The molecule has 5 heteroatoms. The Morgan fingerprint density at radius 2 is 2.16 bits per heavy atom. The third kappa shape index (κ3) is 3.54. The normalized spacial score (nSPS) is 27.1. The van der Waals surface area contributed by atoms with Crippen molar-refractivity contribution in [1.29, 1.82) is 0 Å². The van der Waals surface area contributed by atoms with Crippen molar-refractivity contribution >= 4 is 11.8 Å². The maximum atomic E-state index is 12.0. The van der Waals surface area contributed by atoms with E-state index < -0.39 is 5.41 Å². The van der Waals surface area contributed by atoms with Crippen molar-refractivity contribution in [2.24, 2.45) is 5.41 Å². The van der Waals surface area contributed by atoms with E-state index in [9.17, 15) is 9.59 Å². The molecule has 108 valence electrons. The number of carbonyl (C=O) groups is 2. The second kappa shape index (κ2) is 6.01. The van der Waals surface area contributed by atoms with Crippen LogP contribution < -0.4 is 0 Å². The van der Waals surface area contributed by atoms with E-state index in [-0.39, 0.29) is 18.1 Å². The summed E-state index contributed by atoms with van der Waals surface area (Å²) in [6.07, 6.45) is 4.07. The minimum absolute atomic E-state index is 0.0635. The molecule has 0 aromatic carbocycles. The first-order valence-electron chi connectivity index (χ1n) is 7.09. The molecule has 0 radical (unpaired) electrons. The van der Waals surface area contributed by atoms with Gasteiger partial charge in [0.15, 0.2) is 6.29 Å². The Balaban J connectivity index is 1.68. The molecule has 2 rings (SSSR count). The van der Waals surface area contributed by atoms with Crippen molar-refractivity contribution in [3.8, 4) is 0 Å². The van der Waals surface area contributed by atoms with Crippen molar-refractivity contribution in [2.75, 3.05) is 19.8 Å². The highest BCUT2D eigenvalue weighted by Gasteiger charge is 2.44. The zero-order valence-electron chi connectivity index (χ0n) is 11.8. The van der Waals surface area contributed by atoms with Gasteiger partial charge in [-0.2, -0.15) is 0 Å². The average molecular weight is 269 g/mol. The van der Waals surface area contributed by atoms with Crippen LogP contribution in [0.5, 0.6) is 0 Å². The number of nitrogens with zero attached hydrogens (tertiary/aromatic N) is 1. The third-order valence-corrected chi connectivity index (χ3v) is 3.69.